The highest BCUT2D eigenvalue weighted by molar-refractivity contribution is 9.09. The molecule has 1 N–H and O–H groups in total. The first-order valence-electron chi connectivity index (χ1n) is 14.1. The molecule has 2 amide bonds. The second kappa shape index (κ2) is 13.5. The number of unbranched alkanes of at least 4 members (excludes halogenated alkanes) is 1. The van der Waals surface area contributed by atoms with E-state index in [1.165, 1.54) is 0 Å². The molecule has 4 fully saturated rings. The molecule has 0 aromatic carbocycles. The van der Waals surface area contributed by atoms with Crippen LogP contribution in [-0.2, 0) is 23.9 Å². The Bertz CT molecular complexity index is 929. The molecule has 0 aromatic rings. The molecule has 0 radical (unpaired) electrons. The van der Waals surface area contributed by atoms with Gasteiger partial charge < -0.3 is 24.4 Å². The van der Waals surface area contributed by atoms with Crippen LogP contribution in [0.4, 0.5) is 0 Å². The van der Waals surface area contributed by atoms with Crippen molar-refractivity contribution in [1.29, 1.82) is 0 Å². The lowest BCUT2D eigenvalue weighted by Gasteiger charge is -2.40. The molecule has 0 aliphatic carbocycles. The van der Waals surface area contributed by atoms with Crippen LogP contribution >= 0.6 is 27.7 Å². The number of ether oxygens (including phenoxy) is 2. The molecule has 4 aliphatic rings. The van der Waals surface area contributed by atoms with E-state index in [1.807, 2.05) is 6.92 Å². The average Bonchev–Trinajstić information content (AvgIpc) is 3.53. The van der Waals surface area contributed by atoms with E-state index < -0.39 is 28.7 Å². The van der Waals surface area contributed by atoms with Gasteiger partial charge in [-0.1, -0.05) is 35.0 Å². The molecule has 4 aliphatic heterocycles. The maximum absolute atomic E-state index is 14.5. The molecule has 0 saturated carbocycles. The molecule has 4 rings (SSSR count). The van der Waals surface area contributed by atoms with Crippen LogP contribution in [0.25, 0.3) is 0 Å². The monoisotopic (exact) mass is 627 g/mol. The summed E-state index contributed by atoms with van der Waals surface area (Å²) in [6.45, 7) is 14.1. The van der Waals surface area contributed by atoms with E-state index in [0.717, 1.165) is 19.5 Å². The number of rotatable bonds is 14. The van der Waals surface area contributed by atoms with Crippen LogP contribution in [0.1, 0.15) is 32.6 Å². The Morgan fingerprint density at radius 3 is 2.72 bits per heavy atom. The maximum atomic E-state index is 14.5. The number of hydrogen-bond donors (Lipinski definition) is 1. The number of halogens is 1. The molecule has 11 heteroatoms. The average molecular weight is 629 g/mol. The molecule has 7 atom stereocenters. The Labute approximate surface area is 244 Å². The molecule has 4 heterocycles. The fourth-order valence-corrected chi connectivity index (χ4v) is 10.2. The van der Waals surface area contributed by atoms with E-state index in [0.29, 0.717) is 52.1 Å². The molecular formula is C28H42BrN3O6S. The van der Waals surface area contributed by atoms with Crippen LogP contribution < -0.4 is 0 Å². The van der Waals surface area contributed by atoms with Gasteiger partial charge >= 0.3 is 5.97 Å². The fourth-order valence-electron chi connectivity index (χ4n) is 6.63. The molecular weight excluding hydrogens is 586 g/mol. The van der Waals surface area contributed by atoms with E-state index in [4.69, 9.17) is 9.47 Å². The van der Waals surface area contributed by atoms with Crippen LogP contribution in [0.15, 0.2) is 25.3 Å². The van der Waals surface area contributed by atoms with Crippen LogP contribution in [0, 0.1) is 11.8 Å². The first-order chi connectivity index (χ1) is 18.8. The zero-order chi connectivity index (χ0) is 28.2. The summed E-state index contributed by atoms with van der Waals surface area (Å²) in [7, 11) is 0. The minimum absolute atomic E-state index is 0.0251. The van der Waals surface area contributed by atoms with Crippen LogP contribution in [0.3, 0.4) is 0 Å². The van der Waals surface area contributed by atoms with Crippen molar-refractivity contribution in [3.8, 4) is 0 Å². The number of carbonyl (C=O) groups excluding carboxylic acids is 3. The Balaban J connectivity index is 1.64. The predicted octanol–water partition coefficient (Wildman–Crippen LogP) is 2.08. The van der Waals surface area contributed by atoms with Crippen molar-refractivity contribution >= 4 is 45.5 Å². The fraction of sp³-hybridized carbons (Fsp3) is 0.750. The summed E-state index contributed by atoms with van der Waals surface area (Å²) in [5.74, 6) is -2.03. The molecule has 1 spiro atoms. The minimum atomic E-state index is -0.773. The van der Waals surface area contributed by atoms with Gasteiger partial charge in [0.05, 0.1) is 49.1 Å². The van der Waals surface area contributed by atoms with Crippen LogP contribution in [-0.4, -0.2) is 124 Å². The van der Waals surface area contributed by atoms with Gasteiger partial charge in [-0.25, -0.2) is 0 Å². The highest BCUT2D eigenvalue weighted by Crippen LogP contribution is 2.68. The zero-order valence-electron chi connectivity index (χ0n) is 22.8. The number of aliphatic hydroxyl groups excluding tert-OH is 1. The number of allylic oxidation sites excluding steroid dienone is 1. The third-order valence-corrected chi connectivity index (χ3v) is 11.8. The van der Waals surface area contributed by atoms with Gasteiger partial charge in [0.2, 0.25) is 11.8 Å². The highest BCUT2D eigenvalue weighted by Gasteiger charge is 2.76. The molecule has 0 aromatic heterocycles. The SMILES string of the molecule is C=CCCCOC(=O)[C@H]1[C@@H]2SC3(CC2Br)C(C(=O)N(CC=C)CCN2CCOCC2)N([C@@H](CC)CO)C(=O)[C@H]13. The number of hydrogen-bond acceptors (Lipinski definition) is 8. The normalized spacial score (nSPS) is 32.6. The number of morpholine rings is 1. The summed E-state index contributed by atoms with van der Waals surface area (Å²) in [4.78, 5) is 47.7. The summed E-state index contributed by atoms with van der Waals surface area (Å²) in [5, 5.41) is 10.1. The number of amides is 2. The molecule has 2 bridgehead atoms. The number of nitrogens with zero attached hydrogens (tertiary/aromatic N) is 3. The highest BCUT2D eigenvalue weighted by atomic mass is 79.9. The quantitative estimate of drug-likeness (QED) is 0.135. The number of thioether (sulfide) groups is 1. The summed E-state index contributed by atoms with van der Waals surface area (Å²) in [6.07, 6.45) is 6.02. The van der Waals surface area contributed by atoms with Crippen molar-refractivity contribution in [3.05, 3.63) is 25.3 Å². The van der Waals surface area contributed by atoms with Crippen LogP contribution in [0.5, 0.6) is 0 Å². The Morgan fingerprint density at radius 1 is 1.33 bits per heavy atom. The summed E-state index contributed by atoms with van der Waals surface area (Å²) in [5.41, 5.74) is 0. The number of aliphatic hydroxyl groups is 1. The van der Waals surface area contributed by atoms with E-state index in [9.17, 15) is 19.5 Å². The number of alkyl halides is 1. The van der Waals surface area contributed by atoms with E-state index in [1.54, 1.807) is 33.7 Å². The standard InChI is InChI=1S/C28H42BrN3O6S/c1-4-7-8-14-38-27(36)21-22-25(34)32(19(6-3)18-33)24(28(22)17-20(29)23(21)39-28)26(35)31(9-5-2)11-10-30-12-15-37-16-13-30/h4-5,19-24,33H,1-2,6-18H2,3H3/t19-,20?,21+,22-,23+,24?,28?/m0/s1. The predicted molar refractivity (Wildman–Crippen MR) is 155 cm³/mol. The second-order valence-electron chi connectivity index (χ2n) is 10.8. The molecule has 9 nitrogen and oxygen atoms in total. The maximum Gasteiger partial charge on any atom is 0.310 e. The lowest BCUT2D eigenvalue weighted by molar-refractivity contribution is -0.154. The minimum Gasteiger partial charge on any atom is -0.465 e. The largest absolute Gasteiger partial charge is 0.465 e. The first kappa shape index (κ1) is 30.6. The van der Waals surface area contributed by atoms with Crippen molar-refractivity contribution in [2.75, 3.05) is 59.2 Å². The zero-order valence-corrected chi connectivity index (χ0v) is 25.2. The van der Waals surface area contributed by atoms with Gasteiger partial charge in [-0.2, -0.15) is 0 Å². The van der Waals surface area contributed by atoms with Crippen molar-refractivity contribution < 1.29 is 29.0 Å². The van der Waals surface area contributed by atoms with Gasteiger partial charge in [0.25, 0.3) is 0 Å². The lowest BCUT2D eigenvalue weighted by Crippen LogP contribution is -2.58. The third-order valence-electron chi connectivity index (χ3n) is 8.56. The number of fused-ring (bicyclic) bond motifs is 1. The third kappa shape index (κ3) is 5.84. The van der Waals surface area contributed by atoms with Gasteiger partial charge in [0.15, 0.2) is 0 Å². The molecule has 3 unspecified atom stereocenters. The summed E-state index contributed by atoms with van der Waals surface area (Å²) in [6, 6.07) is -1.28. The smallest absolute Gasteiger partial charge is 0.310 e. The van der Waals surface area contributed by atoms with E-state index in [-0.39, 0.29) is 41.1 Å². The topological polar surface area (TPSA) is 99.6 Å². The Morgan fingerprint density at radius 2 is 2.08 bits per heavy atom. The summed E-state index contributed by atoms with van der Waals surface area (Å²) < 4.78 is 10.3. The van der Waals surface area contributed by atoms with E-state index in [2.05, 4.69) is 34.0 Å². The summed E-state index contributed by atoms with van der Waals surface area (Å²) >= 11 is 5.38. The number of esters is 1. The second-order valence-corrected chi connectivity index (χ2v) is 13.5. The van der Waals surface area contributed by atoms with Crippen molar-refractivity contribution in [2.45, 2.75) is 59.5 Å². The van der Waals surface area contributed by atoms with Crippen molar-refractivity contribution in [3.63, 3.8) is 0 Å². The lowest BCUT2D eigenvalue weighted by atomic mass is 9.71. The van der Waals surface area contributed by atoms with Crippen molar-refractivity contribution in [1.82, 2.24) is 14.7 Å². The molecule has 4 saturated heterocycles. The first-order valence-corrected chi connectivity index (χ1v) is 15.9. The Hall–Kier alpha value is -1.40. The van der Waals surface area contributed by atoms with Gasteiger partial charge in [0.1, 0.15) is 6.04 Å². The van der Waals surface area contributed by atoms with Gasteiger partial charge in [-0.05, 0) is 25.7 Å². The molecule has 39 heavy (non-hydrogen) atoms. The number of carbonyl (C=O) groups is 3. The van der Waals surface area contributed by atoms with Gasteiger partial charge in [-0.3, -0.25) is 19.3 Å². The molecule has 218 valence electrons. The van der Waals surface area contributed by atoms with E-state index >= 15 is 0 Å². The van der Waals surface area contributed by atoms with Crippen molar-refractivity contribution in [2.24, 2.45) is 11.8 Å². The van der Waals surface area contributed by atoms with Crippen LogP contribution in [0.2, 0.25) is 0 Å². The Kier molecular flexibility index (Phi) is 10.6. The number of likely N-dealkylation sites (tertiary alicyclic amines) is 1. The van der Waals surface area contributed by atoms with Gasteiger partial charge in [-0.15, -0.1) is 24.9 Å². The van der Waals surface area contributed by atoms with Gasteiger partial charge in [0, 0.05) is 42.8 Å².